The van der Waals surface area contributed by atoms with Gasteiger partial charge < -0.3 is 0 Å². The Bertz CT molecular complexity index is 587. The molecular weight excluding hydrogens is 256 g/mol. The van der Waals surface area contributed by atoms with Crippen LogP contribution in [0.2, 0.25) is 0 Å². The number of thioether (sulfide) groups is 1. The zero-order chi connectivity index (χ0) is 11.5. The lowest BCUT2D eigenvalue weighted by Gasteiger charge is -1.84. The predicted octanol–water partition coefficient (Wildman–Crippen LogP) is 4.12. The molecule has 0 saturated heterocycles. The minimum Gasteiger partial charge on any atom is -0.192 e. The van der Waals surface area contributed by atoms with Crippen molar-refractivity contribution in [3.63, 3.8) is 0 Å². The molecule has 2 heterocycles. The third kappa shape index (κ3) is 2.12. The molecule has 0 N–H and O–H groups in total. The first-order valence-corrected chi connectivity index (χ1v) is 7.22. The quantitative estimate of drug-likeness (QED) is 0.604. The Morgan fingerprint density at radius 3 is 2.50 bits per heavy atom. The molecule has 5 heteroatoms. The smallest absolute Gasteiger partial charge is 0.131 e. The lowest BCUT2D eigenvalue weighted by atomic mass is 10.3. The van der Waals surface area contributed by atoms with Crippen molar-refractivity contribution in [3.8, 4) is 12.1 Å². The van der Waals surface area contributed by atoms with Crippen LogP contribution in [-0.2, 0) is 0 Å². The number of hydrogen-bond donors (Lipinski definition) is 0. The highest BCUT2D eigenvalue weighted by Crippen LogP contribution is 2.37. The van der Waals surface area contributed by atoms with Gasteiger partial charge in [0.1, 0.15) is 17.7 Å². The Morgan fingerprint density at radius 1 is 1.25 bits per heavy atom. The molecule has 0 saturated carbocycles. The van der Waals surface area contributed by atoms with Gasteiger partial charge in [-0.15, -0.1) is 34.4 Å². The Labute approximate surface area is 105 Å². The Balaban J connectivity index is 2.43. The van der Waals surface area contributed by atoms with E-state index in [1.54, 1.807) is 40.5 Å². The van der Waals surface area contributed by atoms with Gasteiger partial charge >= 0.3 is 0 Å². The van der Waals surface area contributed by atoms with Crippen LogP contribution in [0.15, 0.2) is 21.9 Å². The second-order valence-corrected chi connectivity index (χ2v) is 6.23. The summed E-state index contributed by atoms with van der Waals surface area (Å²) >= 11 is 5.08. The predicted molar refractivity (Wildman–Crippen MR) is 70.7 cm³/mol. The van der Waals surface area contributed by atoms with Crippen LogP contribution < -0.4 is 0 Å². The maximum absolute atomic E-state index is 8.66. The SMILES string of the molecule is CSc1cc2sc(C=C(C#N)C#N)cc2s1. The molecule has 0 fully saturated rings. The van der Waals surface area contributed by atoms with Crippen molar-refractivity contribution in [3.05, 3.63) is 22.6 Å². The molecule has 2 aromatic rings. The fourth-order valence-corrected chi connectivity index (χ4v) is 4.23. The number of fused-ring (bicyclic) bond motifs is 1. The van der Waals surface area contributed by atoms with Gasteiger partial charge in [-0.25, -0.2) is 0 Å². The zero-order valence-corrected chi connectivity index (χ0v) is 10.8. The van der Waals surface area contributed by atoms with E-state index in [0.29, 0.717) is 0 Å². The highest BCUT2D eigenvalue weighted by Gasteiger charge is 2.05. The van der Waals surface area contributed by atoms with E-state index in [0.717, 1.165) is 4.88 Å². The lowest BCUT2D eigenvalue weighted by molar-refractivity contribution is 1.47. The van der Waals surface area contributed by atoms with E-state index in [4.69, 9.17) is 10.5 Å². The third-order valence-electron chi connectivity index (χ3n) is 1.93. The van der Waals surface area contributed by atoms with E-state index < -0.39 is 0 Å². The van der Waals surface area contributed by atoms with E-state index in [-0.39, 0.29) is 5.57 Å². The van der Waals surface area contributed by atoms with Gasteiger partial charge in [-0.3, -0.25) is 0 Å². The van der Waals surface area contributed by atoms with Crippen LogP contribution in [0.1, 0.15) is 4.88 Å². The van der Waals surface area contributed by atoms with E-state index in [1.807, 2.05) is 18.2 Å². The van der Waals surface area contributed by atoms with Crippen molar-refractivity contribution < 1.29 is 0 Å². The molecular formula is C11H6N2S3. The molecule has 0 spiro atoms. The fraction of sp³-hybridized carbons (Fsp3) is 0.0909. The number of thiophene rings is 2. The van der Waals surface area contributed by atoms with Gasteiger partial charge in [-0.1, -0.05) is 0 Å². The molecule has 2 aromatic heterocycles. The van der Waals surface area contributed by atoms with Crippen molar-refractivity contribution >= 4 is 49.9 Å². The summed E-state index contributed by atoms with van der Waals surface area (Å²) in [5, 5.41) is 17.3. The van der Waals surface area contributed by atoms with Gasteiger partial charge in [-0.2, -0.15) is 10.5 Å². The maximum Gasteiger partial charge on any atom is 0.131 e. The molecule has 0 unspecified atom stereocenters. The first kappa shape index (κ1) is 11.2. The van der Waals surface area contributed by atoms with E-state index in [1.165, 1.54) is 13.6 Å². The largest absolute Gasteiger partial charge is 0.192 e. The Kier molecular flexibility index (Phi) is 3.31. The van der Waals surface area contributed by atoms with E-state index >= 15 is 0 Å². The Morgan fingerprint density at radius 2 is 1.94 bits per heavy atom. The van der Waals surface area contributed by atoms with Crippen molar-refractivity contribution in [1.29, 1.82) is 10.5 Å². The highest BCUT2D eigenvalue weighted by molar-refractivity contribution is 8.00. The van der Waals surface area contributed by atoms with Crippen molar-refractivity contribution in [2.75, 3.05) is 6.26 Å². The summed E-state index contributed by atoms with van der Waals surface area (Å²) in [5.74, 6) is 0. The molecule has 0 aliphatic heterocycles. The second kappa shape index (κ2) is 4.71. The van der Waals surface area contributed by atoms with Gasteiger partial charge in [0, 0.05) is 14.3 Å². The van der Waals surface area contributed by atoms with Crippen LogP contribution >= 0.6 is 34.4 Å². The molecule has 0 radical (unpaired) electrons. The van der Waals surface area contributed by atoms with Crippen LogP contribution in [0, 0.1) is 22.7 Å². The fourth-order valence-electron chi connectivity index (χ4n) is 1.24. The van der Waals surface area contributed by atoms with Crippen LogP contribution in [0.25, 0.3) is 15.5 Å². The summed E-state index contributed by atoms with van der Waals surface area (Å²) in [6, 6.07) is 7.90. The molecule has 2 nitrogen and oxygen atoms in total. The third-order valence-corrected chi connectivity index (χ3v) is 5.24. The van der Waals surface area contributed by atoms with Crippen molar-refractivity contribution in [2.24, 2.45) is 0 Å². The zero-order valence-electron chi connectivity index (χ0n) is 8.35. The average Bonchev–Trinajstić information content (AvgIpc) is 2.82. The topological polar surface area (TPSA) is 47.6 Å². The number of nitrogens with zero attached hydrogens (tertiary/aromatic N) is 2. The summed E-state index contributed by atoms with van der Waals surface area (Å²) in [4.78, 5) is 0.965. The standard InChI is InChI=1S/C11H6N2S3/c1-14-11-4-10-9(16-11)3-8(15-10)2-7(5-12)6-13/h2-4H,1H3. The minimum atomic E-state index is 0.152. The summed E-state index contributed by atoms with van der Waals surface area (Å²) < 4.78 is 3.73. The summed E-state index contributed by atoms with van der Waals surface area (Å²) in [6.07, 6.45) is 3.69. The summed E-state index contributed by atoms with van der Waals surface area (Å²) in [7, 11) is 0. The normalized spacial score (nSPS) is 9.69. The number of rotatable bonds is 2. The molecule has 0 aromatic carbocycles. The van der Waals surface area contributed by atoms with E-state index in [9.17, 15) is 0 Å². The van der Waals surface area contributed by atoms with Crippen LogP contribution in [-0.4, -0.2) is 6.26 Å². The number of nitriles is 2. The molecule has 2 rings (SSSR count). The van der Waals surface area contributed by atoms with Crippen LogP contribution in [0.3, 0.4) is 0 Å². The molecule has 16 heavy (non-hydrogen) atoms. The van der Waals surface area contributed by atoms with Crippen molar-refractivity contribution in [1.82, 2.24) is 0 Å². The van der Waals surface area contributed by atoms with Gasteiger partial charge in [0.2, 0.25) is 0 Å². The summed E-state index contributed by atoms with van der Waals surface area (Å²) in [6.45, 7) is 0. The molecule has 0 aliphatic rings. The number of allylic oxidation sites excluding steroid dienone is 1. The number of hydrogen-bond acceptors (Lipinski definition) is 5. The van der Waals surface area contributed by atoms with Gasteiger partial charge in [-0.05, 0) is 24.5 Å². The average molecular weight is 262 g/mol. The van der Waals surface area contributed by atoms with Gasteiger partial charge in [0.05, 0.1) is 4.21 Å². The molecule has 0 aliphatic carbocycles. The summed E-state index contributed by atoms with van der Waals surface area (Å²) in [5.41, 5.74) is 0.152. The molecule has 0 amide bonds. The maximum atomic E-state index is 8.66. The lowest BCUT2D eigenvalue weighted by Crippen LogP contribution is -1.68. The second-order valence-electron chi connectivity index (χ2n) is 2.93. The monoisotopic (exact) mass is 262 g/mol. The highest BCUT2D eigenvalue weighted by atomic mass is 32.2. The van der Waals surface area contributed by atoms with E-state index in [2.05, 4.69) is 12.3 Å². The van der Waals surface area contributed by atoms with Crippen LogP contribution in [0.4, 0.5) is 0 Å². The van der Waals surface area contributed by atoms with Crippen molar-refractivity contribution in [2.45, 2.75) is 4.21 Å². The van der Waals surface area contributed by atoms with Gasteiger partial charge in [0.25, 0.3) is 0 Å². The molecule has 0 atom stereocenters. The Hall–Kier alpha value is -1.27. The first-order valence-electron chi connectivity index (χ1n) is 4.36. The molecule has 0 bridgehead atoms. The molecule has 78 valence electrons. The van der Waals surface area contributed by atoms with Crippen LogP contribution in [0.5, 0.6) is 0 Å². The minimum absolute atomic E-state index is 0.152. The first-order chi connectivity index (χ1) is 7.76. The van der Waals surface area contributed by atoms with Gasteiger partial charge in [0.15, 0.2) is 0 Å².